The third-order valence-corrected chi connectivity index (χ3v) is 6.76. The maximum Gasteiger partial charge on any atom is 0.142 e. The maximum absolute atomic E-state index is 12.4. The minimum absolute atomic E-state index is 0.0427. The molecular weight excluding hydrogens is 288 g/mol. The molecule has 3 fully saturated rings. The molecule has 0 saturated heterocycles. The molecule has 3 rings (SSSR count). The fourth-order valence-electron chi connectivity index (χ4n) is 5.28. The van der Waals surface area contributed by atoms with Crippen molar-refractivity contribution in [2.24, 2.45) is 29.1 Å². The van der Waals surface area contributed by atoms with Gasteiger partial charge in [0.25, 0.3) is 0 Å². The van der Waals surface area contributed by atoms with Crippen molar-refractivity contribution in [1.82, 2.24) is 0 Å². The van der Waals surface area contributed by atoms with Crippen LogP contribution in [0.4, 0.5) is 0 Å². The first kappa shape index (κ1) is 17.0. The molecule has 0 aromatic carbocycles. The Labute approximate surface area is 139 Å². The van der Waals surface area contributed by atoms with Gasteiger partial charge in [-0.05, 0) is 43.9 Å². The summed E-state index contributed by atoms with van der Waals surface area (Å²) < 4.78 is 0. The van der Waals surface area contributed by atoms with Crippen LogP contribution in [-0.2, 0) is 4.79 Å². The third kappa shape index (κ3) is 2.85. The molecule has 23 heavy (non-hydrogen) atoms. The molecule has 0 aromatic rings. The molecule has 2 N–H and O–H groups in total. The molecule has 0 amide bonds. The summed E-state index contributed by atoms with van der Waals surface area (Å²) in [7, 11) is 0. The zero-order valence-electron chi connectivity index (χ0n) is 14.4. The van der Waals surface area contributed by atoms with Gasteiger partial charge in [0.2, 0.25) is 0 Å². The summed E-state index contributed by atoms with van der Waals surface area (Å²) in [6, 6.07) is 0. The number of rotatable bonds is 2. The summed E-state index contributed by atoms with van der Waals surface area (Å²) in [6.07, 6.45) is 6.96. The van der Waals surface area contributed by atoms with Gasteiger partial charge in [0, 0.05) is 11.3 Å². The number of aliphatic hydroxyl groups is 2. The van der Waals surface area contributed by atoms with Gasteiger partial charge in [0.05, 0.1) is 12.0 Å². The van der Waals surface area contributed by atoms with Crippen molar-refractivity contribution < 1.29 is 15.0 Å². The lowest BCUT2D eigenvalue weighted by molar-refractivity contribution is -0.171. The van der Waals surface area contributed by atoms with Gasteiger partial charge in [-0.25, -0.2) is 0 Å². The van der Waals surface area contributed by atoms with E-state index in [1.54, 1.807) is 0 Å². The number of ketones is 1. The molecule has 128 valence electrons. The molecule has 3 saturated carbocycles. The lowest BCUT2D eigenvalue weighted by atomic mass is 9.44. The van der Waals surface area contributed by atoms with Gasteiger partial charge in [0.1, 0.15) is 11.9 Å². The number of fused-ring (bicyclic) bond motifs is 1. The normalized spacial score (nSPS) is 42.2. The highest BCUT2D eigenvalue weighted by Gasteiger charge is 2.63. The summed E-state index contributed by atoms with van der Waals surface area (Å²) in [6.45, 7) is 4.09. The first-order valence-electron chi connectivity index (χ1n) is 9.40. The largest absolute Gasteiger partial charge is 0.392 e. The van der Waals surface area contributed by atoms with Crippen molar-refractivity contribution in [3.05, 3.63) is 0 Å². The predicted octanol–water partition coefficient (Wildman–Crippen LogP) is 2.93. The molecule has 3 aliphatic carbocycles. The second-order valence-corrected chi connectivity index (χ2v) is 8.09. The highest BCUT2D eigenvalue weighted by Crippen LogP contribution is 2.59. The summed E-state index contributed by atoms with van der Waals surface area (Å²) in [5.74, 6) is 6.95. The van der Waals surface area contributed by atoms with Crippen molar-refractivity contribution in [2.45, 2.75) is 77.4 Å². The van der Waals surface area contributed by atoms with Crippen LogP contribution in [0.1, 0.15) is 65.2 Å². The fourth-order valence-corrected chi connectivity index (χ4v) is 5.28. The van der Waals surface area contributed by atoms with E-state index in [9.17, 15) is 15.0 Å². The van der Waals surface area contributed by atoms with E-state index in [0.717, 1.165) is 25.7 Å². The average molecular weight is 318 g/mol. The maximum atomic E-state index is 12.4. The number of Topliss-reactive ketones (excluding diaryl/α,β-unsaturated/α-hetero) is 1. The van der Waals surface area contributed by atoms with Gasteiger partial charge >= 0.3 is 0 Å². The predicted molar refractivity (Wildman–Crippen MR) is 89.5 cm³/mol. The lowest BCUT2D eigenvalue weighted by Crippen LogP contribution is -2.62. The molecule has 0 aliphatic heterocycles. The molecule has 3 heteroatoms. The van der Waals surface area contributed by atoms with Gasteiger partial charge in [0.15, 0.2) is 0 Å². The Kier molecular flexibility index (Phi) is 4.85. The molecule has 6 atom stereocenters. The smallest absolute Gasteiger partial charge is 0.142 e. The number of hydrogen-bond acceptors (Lipinski definition) is 3. The highest BCUT2D eigenvalue weighted by atomic mass is 16.3. The monoisotopic (exact) mass is 318 g/mol. The van der Waals surface area contributed by atoms with E-state index in [1.165, 1.54) is 19.3 Å². The van der Waals surface area contributed by atoms with Crippen LogP contribution in [-0.4, -0.2) is 28.2 Å². The summed E-state index contributed by atoms with van der Waals surface area (Å²) in [5, 5.41) is 20.8. The fraction of sp³-hybridized carbons (Fsp3) is 0.850. The third-order valence-electron chi connectivity index (χ3n) is 6.76. The molecule has 0 bridgehead atoms. The van der Waals surface area contributed by atoms with Crippen LogP contribution in [0.3, 0.4) is 0 Å². The quantitative estimate of drug-likeness (QED) is 0.770. The zero-order chi connectivity index (χ0) is 16.6. The first-order valence-corrected chi connectivity index (χ1v) is 9.40. The zero-order valence-corrected chi connectivity index (χ0v) is 14.4. The van der Waals surface area contributed by atoms with Gasteiger partial charge in [-0.1, -0.05) is 45.0 Å². The van der Waals surface area contributed by atoms with Crippen molar-refractivity contribution >= 4 is 5.78 Å². The number of aliphatic hydroxyl groups excluding tert-OH is 2. The summed E-state index contributed by atoms with van der Waals surface area (Å²) >= 11 is 0. The van der Waals surface area contributed by atoms with Crippen molar-refractivity contribution in [1.29, 1.82) is 0 Å². The molecule has 3 nitrogen and oxygen atoms in total. The summed E-state index contributed by atoms with van der Waals surface area (Å²) in [5.41, 5.74) is -0.297. The molecular formula is C20H30O3. The van der Waals surface area contributed by atoms with E-state index in [1.807, 2.05) is 13.8 Å². The molecule has 0 heterocycles. The summed E-state index contributed by atoms with van der Waals surface area (Å²) in [4.78, 5) is 12.4. The molecule has 0 spiro atoms. The van der Waals surface area contributed by atoms with Crippen LogP contribution in [0.2, 0.25) is 0 Å². The van der Waals surface area contributed by atoms with Gasteiger partial charge in [-0.15, -0.1) is 0 Å². The molecule has 0 radical (unpaired) electrons. The van der Waals surface area contributed by atoms with Crippen molar-refractivity contribution in [3.8, 4) is 11.8 Å². The van der Waals surface area contributed by atoms with Crippen LogP contribution in [0.25, 0.3) is 0 Å². The van der Waals surface area contributed by atoms with E-state index < -0.39 is 12.2 Å². The van der Waals surface area contributed by atoms with E-state index in [-0.39, 0.29) is 29.1 Å². The van der Waals surface area contributed by atoms with E-state index >= 15 is 0 Å². The average Bonchev–Trinajstić information content (AvgIpc) is 2.58. The van der Waals surface area contributed by atoms with Gasteiger partial charge < -0.3 is 10.2 Å². The van der Waals surface area contributed by atoms with Crippen LogP contribution >= 0.6 is 0 Å². The standard InChI is InChI=1S/C20H30O3/c1-3-14-18-15(17(22)11-12-20(18,2)19(14)23)9-10-16(21)13-7-5-4-6-8-13/h13-18,21-22H,3-8,11-12H2,1-2H3/t14?,15-,16+,17+,18+,20-/m0/s1. The van der Waals surface area contributed by atoms with Crippen LogP contribution in [0, 0.1) is 40.9 Å². The lowest BCUT2D eigenvalue weighted by Gasteiger charge is -2.57. The second kappa shape index (κ2) is 6.57. The Morgan fingerprint density at radius 2 is 1.96 bits per heavy atom. The number of hydrogen-bond donors (Lipinski definition) is 2. The minimum atomic E-state index is -0.577. The van der Waals surface area contributed by atoms with E-state index in [0.29, 0.717) is 12.2 Å². The second-order valence-electron chi connectivity index (χ2n) is 8.09. The van der Waals surface area contributed by atoms with Gasteiger partial charge in [-0.2, -0.15) is 0 Å². The van der Waals surface area contributed by atoms with Gasteiger partial charge in [-0.3, -0.25) is 4.79 Å². The Morgan fingerprint density at radius 1 is 1.26 bits per heavy atom. The van der Waals surface area contributed by atoms with Crippen molar-refractivity contribution in [3.63, 3.8) is 0 Å². The van der Waals surface area contributed by atoms with Crippen LogP contribution in [0.15, 0.2) is 0 Å². The van der Waals surface area contributed by atoms with E-state index in [4.69, 9.17) is 0 Å². The highest BCUT2D eigenvalue weighted by molar-refractivity contribution is 5.94. The van der Waals surface area contributed by atoms with Crippen LogP contribution in [0.5, 0.6) is 0 Å². The molecule has 1 unspecified atom stereocenters. The van der Waals surface area contributed by atoms with Crippen molar-refractivity contribution in [2.75, 3.05) is 0 Å². The Hall–Kier alpha value is -0.850. The number of carbonyl (C=O) groups excluding carboxylic acids is 1. The molecule has 0 aromatic heterocycles. The SMILES string of the molecule is CCC1C(=O)[C@@]2(C)CC[C@@H](O)[C@H](C#C[C@@H](O)C3CCCCC3)[C@@H]12. The Morgan fingerprint density at radius 3 is 2.61 bits per heavy atom. The van der Waals surface area contributed by atoms with Crippen LogP contribution < -0.4 is 0 Å². The minimum Gasteiger partial charge on any atom is -0.392 e. The Bertz CT molecular complexity index is 511. The Balaban J connectivity index is 1.75. The first-order chi connectivity index (χ1) is 11.0. The topological polar surface area (TPSA) is 57.5 Å². The molecule has 3 aliphatic rings. The van der Waals surface area contributed by atoms with E-state index in [2.05, 4.69) is 11.8 Å². The number of carbonyl (C=O) groups is 1.